The molecule has 0 aliphatic heterocycles. The fourth-order valence-electron chi connectivity index (χ4n) is 1.61. The van der Waals surface area contributed by atoms with Crippen molar-refractivity contribution in [3.63, 3.8) is 0 Å². The zero-order valence-electron chi connectivity index (χ0n) is 12.0. The summed E-state index contributed by atoms with van der Waals surface area (Å²) in [6.07, 6.45) is 1.76. The predicted octanol–water partition coefficient (Wildman–Crippen LogP) is 2.80. The Morgan fingerprint density at radius 1 is 1.41 bits per heavy atom. The van der Waals surface area contributed by atoms with Gasteiger partial charge in [-0.15, -0.1) is 0 Å². The molecule has 0 radical (unpaired) electrons. The lowest BCUT2D eigenvalue weighted by Gasteiger charge is -2.29. The van der Waals surface area contributed by atoms with Crippen LogP contribution in [0.2, 0.25) is 0 Å². The molecule has 0 aromatic carbocycles. The van der Waals surface area contributed by atoms with Crippen molar-refractivity contribution in [3.05, 3.63) is 23.7 Å². The van der Waals surface area contributed by atoms with Crippen molar-refractivity contribution in [1.82, 2.24) is 10.2 Å². The van der Waals surface area contributed by atoms with Crippen LogP contribution in [0.1, 0.15) is 39.0 Å². The van der Waals surface area contributed by atoms with Gasteiger partial charge in [0.05, 0.1) is 6.26 Å². The van der Waals surface area contributed by atoms with E-state index < -0.39 is 0 Å². The highest BCUT2D eigenvalue weighted by molar-refractivity contribution is 5.15. The van der Waals surface area contributed by atoms with Crippen LogP contribution in [-0.4, -0.2) is 30.1 Å². The lowest BCUT2D eigenvalue weighted by molar-refractivity contribution is 0.227. The molecule has 0 saturated heterocycles. The largest absolute Gasteiger partial charge is 0.469 e. The minimum atomic E-state index is 0.181. The number of aryl methyl sites for hydroxylation is 1. The van der Waals surface area contributed by atoms with Gasteiger partial charge in [-0.1, -0.05) is 0 Å². The van der Waals surface area contributed by atoms with Gasteiger partial charge in [-0.25, -0.2) is 0 Å². The van der Waals surface area contributed by atoms with Gasteiger partial charge < -0.3 is 9.73 Å². The van der Waals surface area contributed by atoms with E-state index in [1.54, 1.807) is 6.26 Å². The Hall–Kier alpha value is -0.800. The van der Waals surface area contributed by atoms with Crippen LogP contribution in [0.3, 0.4) is 0 Å². The molecule has 17 heavy (non-hydrogen) atoms. The summed E-state index contributed by atoms with van der Waals surface area (Å²) < 4.78 is 5.32. The highest BCUT2D eigenvalue weighted by Crippen LogP contribution is 2.12. The second kappa shape index (κ2) is 5.69. The summed E-state index contributed by atoms with van der Waals surface area (Å²) in [6, 6.07) is 2.55. The fourth-order valence-corrected chi connectivity index (χ4v) is 1.61. The molecule has 0 aliphatic rings. The van der Waals surface area contributed by atoms with Crippen molar-refractivity contribution in [2.75, 3.05) is 13.6 Å². The average Bonchev–Trinajstić information content (AvgIpc) is 2.59. The zero-order chi connectivity index (χ0) is 13.1. The number of hydrogen-bond acceptors (Lipinski definition) is 3. The van der Waals surface area contributed by atoms with Gasteiger partial charge in [-0.05, 0) is 47.7 Å². The number of nitrogens with zero attached hydrogens (tertiary/aromatic N) is 1. The molecule has 0 fully saturated rings. The molecule has 3 nitrogen and oxygen atoms in total. The standard InChI is InChI=1S/C14H26N2O/c1-11(9-15-14(3,4)5)16(6)10-13-7-8-17-12(13)2/h7-8,11,15H,9-10H2,1-6H3. The van der Waals surface area contributed by atoms with Crippen molar-refractivity contribution in [2.24, 2.45) is 0 Å². The molecule has 1 atom stereocenters. The van der Waals surface area contributed by atoms with Crippen LogP contribution >= 0.6 is 0 Å². The summed E-state index contributed by atoms with van der Waals surface area (Å²) in [5.41, 5.74) is 1.45. The first kappa shape index (κ1) is 14.3. The highest BCUT2D eigenvalue weighted by Gasteiger charge is 2.15. The van der Waals surface area contributed by atoms with E-state index in [9.17, 15) is 0 Å². The summed E-state index contributed by atoms with van der Waals surface area (Å²) in [5, 5.41) is 3.53. The number of rotatable bonds is 5. The SMILES string of the molecule is Cc1occc1CN(C)C(C)CNC(C)(C)C. The van der Waals surface area contributed by atoms with E-state index >= 15 is 0 Å². The van der Waals surface area contributed by atoms with Gasteiger partial charge in [-0.3, -0.25) is 4.90 Å². The minimum Gasteiger partial charge on any atom is -0.469 e. The van der Waals surface area contributed by atoms with Gasteiger partial charge >= 0.3 is 0 Å². The smallest absolute Gasteiger partial charge is 0.105 e. The maximum Gasteiger partial charge on any atom is 0.105 e. The van der Waals surface area contributed by atoms with Crippen molar-refractivity contribution in [1.29, 1.82) is 0 Å². The monoisotopic (exact) mass is 238 g/mol. The van der Waals surface area contributed by atoms with Crippen LogP contribution in [0, 0.1) is 6.92 Å². The van der Waals surface area contributed by atoms with Gasteiger partial charge in [0.1, 0.15) is 5.76 Å². The van der Waals surface area contributed by atoms with Gasteiger partial charge in [0.25, 0.3) is 0 Å². The molecule has 0 spiro atoms. The van der Waals surface area contributed by atoms with E-state index in [4.69, 9.17) is 4.42 Å². The van der Waals surface area contributed by atoms with Crippen LogP contribution in [0.15, 0.2) is 16.7 Å². The Kier molecular flexibility index (Phi) is 4.78. The molecule has 1 unspecified atom stereocenters. The van der Waals surface area contributed by atoms with E-state index in [-0.39, 0.29) is 5.54 Å². The third-order valence-corrected chi connectivity index (χ3v) is 3.07. The van der Waals surface area contributed by atoms with E-state index in [0.29, 0.717) is 6.04 Å². The van der Waals surface area contributed by atoms with E-state index in [1.807, 2.05) is 6.92 Å². The molecular weight excluding hydrogens is 212 g/mol. The molecule has 1 N–H and O–H groups in total. The predicted molar refractivity (Wildman–Crippen MR) is 72.1 cm³/mol. The molecule has 98 valence electrons. The lowest BCUT2D eigenvalue weighted by Crippen LogP contribution is -2.44. The summed E-state index contributed by atoms with van der Waals surface area (Å²) in [4.78, 5) is 2.34. The van der Waals surface area contributed by atoms with Crippen LogP contribution in [0.25, 0.3) is 0 Å². The van der Waals surface area contributed by atoms with Gasteiger partial charge in [0.2, 0.25) is 0 Å². The number of furan rings is 1. The first-order valence-electron chi connectivity index (χ1n) is 6.28. The third-order valence-electron chi connectivity index (χ3n) is 3.07. The molecule has 1 heterocycles. The van der Waals surface area contributed by atoms with Crippen molar-refractivity contribution >= 4 is 0 Å². The highest BCUT2D eigenvalue weighted by atomic mass is 16.3. The minimum absolute atomic E-state index is 0.181. The summed E-state index contributed by atoms with van der Waals surface area (Å²) in [5.74, 6) is 1.02. The van der Waals surface area contributed by atoms with Crippen LogP contribution in [0.4, 0.5) is 0 Å². The van der Waals surface area contributed by atoms with E-state index in [2.05, 4.69) is 51.0 Å². The molecule has 1 aromatic heterocycles. The number of nitrogens with one attached hydrogen (secondary N) is 1. The normalized spacial score (nSPS) is 14.3. The molecule has 1 aromatic rings. The summed E-state index contributed by atoms with van der Waals surface area (Å²) >= 11 is 0. The molecule has 0 saturated carbocycles. The van der Waals surface area contributed by atoms with Crippen LogP contribution < -0.4 is 5.32 Å². The van der Waals surface area contributed by atoms with Crippen molar-refractivity contribution in [2.45, 2.75) is 52.7 Å². The number of likely N-dealkylation sites (N-methyl/N-ethyl adjacent to an activating group) is 1. The maximum absolute atomic E-state index is 5.32. The quantitative estimate of drug-likeness (QED) is 0.855. The average molecular weight is 238 g/mol. The summed E-state index contributed by atoms with van der Waals surface area (Å²) in [7, 11) is 2.15. The fraction of sp³-hybridized carbons (Fsp3) is 0.714. The van der Waals surface area contributed by atoms with Crippen LogP contribution in [0.5, 0.6) is 0 Å². The van der Waals surface area contributed by atoms with Gasteiger partial charge in [0, 0.05) is 30.2 Å². The molecule has 0 amide bonds. The first-order chi connectivity index (χ1) is 7.79. The first-order valence-corrected chi connectivity index (χ1v) is 6.28. The molecule has 0 aliphatic carbocycles. The summed E-state index contributed by atoms with van der Waals surface area (Å²) in [6.45, 7) is 12.8. The van der Waals surface area contributed by atoms with Crippen molar-refractivity contribution in [3.8, 4) is 0 Å². The zero-order valence-corrected chi connectivity index (χ0v) is 12.0. The van der Waals surface area contributed by atoms with E-state index in [0.717, 1.165) is 18.8 Å². The Morgan fingerprint density at radius 2 is 2.06 bits per heavy atom. The Morgan fingerprint density at radius 3 is 2.53 bits per heavy atom. The van der Waals surface area contributed by atoms with Gasteiger partial charge in [-0.2, -0.15) is 0 Å². The second-order valence-corrected chi connectivity index (χ2v) is 5.90. The number of hydrogen-bond donors (Lipinski definition) is 1. The Labute approximate surface area is 105 Å². The maximum atomic E-state index is 5.32. The lowest BCUT2D eigenvalue weighted by atomic mass is 10.1. The Balaban J connectivity index is 2.42. The van der Waals surface area contributed by atoms with Crippen LogP contribution in [-0.2, 0) is 6.54 Å². The third kappa shape index (κ3) is 4.92. The Bertz CT molecular complexity index is 338. The molecule has 3 heteroatoms. The molecule has 0 bridgehead atoms. The van der Waals surface area contributed by atoms with Gasteiger partial charge in [0.15, 0.2) is 0 Å². The second-order valence-electron chi connectivity index (χ2n) is 5.90. The molecular formula is C14H26N2O. The van der Waals surface area contributed by atoms with Crippen molar-refractivity contribution < 1.29 is 4.42 Å². The van der Waals surface area contributed by atoms with E-state index in [1.165, 1.54) is 5.56 Å². The topological polar surface area (TPSA) is 28.4 Å². The molecule has 1 rings (SSSR count).